The van der Waals surface area contributed by atoms with Gasteiger partial charge in [0.2, 0.25) is 0 Å². The summed E-state index contributed by atoms with van der Waals surface area (Å²) in [4.78, 5) is 0. The maximum absolute atomic E-state index is 3.77. The zero-order chi connectivity index (χ0) is 10.2. The molecule has 1 aromatic carbocycles. The van der Waals surface area contributed by atoms with Gasteiger partial charge < -0.3 is 0 Å². The maximum atomic E-state index is 3.77. The quantitative estimate of drug-likeness (QED) is 0.601. The predicted molar refractivity (Wildman–Crippen MR) is 63.2 cm³/mol. The highest BCUT2D eigenvalue weighted by Gasteiger charge is 2.02. The highest BCUT2D eigenvalue weighted by Crippen LogP contribution is 2.19. The molecule has 0 heterocycles. The molecule has 0 bridgehead atoms. The summed E-state index contributed by atoms with van der Waals surface area (Å²) in [5.74, 6) is 0.658. The summed E-state index contributed by atoms with van der Waals surface area (Å²) in [6.45, 7) is 6.06. The first-order valence-corrected chi connectivity index (χ1v) is 5.33. The number of hydrogen-bond donors (Lipinski definition) is 0. The topological polar surface area (TPSA) is 0 Å². The molecule has 0 aliphatic carbocycles. The minimum atomic E-state index is 0.658. The van der Waals surface area contributed by atoms with Crippen molar-refractivity contribution in [1.29, 1.82) is 0 Å². The molecule has 1 radical (unpaired) electrons. The smallest absolute Gasteiger partial charge is 0.0187 e. The van der Waals surface area contributed by atoms with Gasteiger partial charge >= 0.3 is 0 Å². The highest BCUT2D eigenvalue weighted by atomic mass is 14.1. The number of rotatable bonds is 5. The minimum absolute atomic E-state index is 0.658. The molecule has 1 unspecified atom stereocenters. The lowest BCUT2D eigenvalue weighted by Crippen LogP contribution is -1.91. The van der Waals surface area contributed by atoms with Crippen molar-refractivity contribution in [2.75, 3.05) is 0 Å². The van der Waals surface area contributed by atoms with Crippen LogP contribution in [-0.2, 0) is 0 Å². The lowest BCUT2D eigenvalue weighted by atomic mass is 9.96. The zero-order valence-corrected chi connectivity index (χ0v) is 8.95. The van der Waals surface area contributed by atoms with E-state index in [4.69, 9.17) is 0 Å². The maximum Gasteiger partial charge on any atom is -0.0187 e. The van der Waals surface area contributed by atoms with Gasteiger partial charge in [0.1, 0.15) is 0 Å². The first-order chi connectivity index (χ1) is 6.84. The standard InChI is InChI=1S/C14H19/c1-3-4-5-7-10-13(2)14-11-8-6-9-12-14/h4-6,8-9,11-13H,1,3,7,10H2,2H3/b5-4+. The fourth-order valence-electron chi connectivity index (χ4n) is 1.53. The SMILES string of the molecule is [CH2]C/C=C/CCC(C)c1ccccc1. The van der Waals surface area contributed by atoms with Crippen LogP contribution in [0.5, 0.6) is 0 Å². The summed E-state index contributed by atoms with van der Waals surface area (Å²) in [6, 6.07) is 10.7. The molecule has 0 saturated carbocycles. The summed E-state index contributed by atoms with van der Waals surface area (Å²) < 4.78 is 0. The summed E-state index contributed by atoms with van der Waals surface area (Å²) in [5.41, 5.74) is 1.44. The van der Waals surface area contributed by atoms with Gasteiger partial charge in [-0.3, -0.25) is 0 Å². The first-order valence-electron chi connectivity index (χ1n) is 5.33. The van der Waals surface area contributed by atoms with Gasteiger partial charge in [-0.1, -0.05) is 49.4 Å². The van der Waals surface area contributed by atoms with Crippen molar-refractivity contribution >= 4 is 0 Å². The number of allylic oxidation sites excluding steroid dienone is 2. The van der Waals surface area contributed by atoms with Gasteiger partial charge in [0, 0.05) is 0 Å². The number of benzene rings is 1. The van der Waals surface area contributed by atoms with E-state index >= 15 is 0 Å². The molecular weight excluding hydrogens is 168 g/mol. The zero-order valence-electron chi connectivity index (χ0n) is 8.95. The van der Waals surface area contributed by atoms with E-state index < -0.39 is 0 Å². The van der Waals surface area contributed by atoms with E-state index in [1.807, 2.05) is 0 Å². The van der Waals surface area contributed by atoms with Crippen LogP contribution in [0.3, 0.4) is 0 Å². The molecule has 14 heavy (non-hydrogen) atoms. The normalized spacial score (nSPS) is 13.3. The van der Waals surface area contributed by atoms with E-state index in [0.717, 1.165) is 12.8 Å². The molecule has 0 spiro atoms. The van der Waals surface area contributed by atoms with E-state index in [9.17, 15) is 0 Å². The molecule has 0 nitrogen and oxygen atoms in total. The van der Waals surface area contributed by atoms with E-state index in [-0.39, 0.29) is 0 Å². The van der Waals surface area contributed by atoms with Crippen molar-refractivity contribution < 1.29 is 0 Å². The van der Waals surface area contributed by atoms with E-state index in [1.165, 1.54) is 12.0 Å². The van der Waals surface area contributed by atoms with Crippen LogP contribution in [0.4, 0.5) is 0 Å². The Morgan fingerprint density at radius 3 is 2.57 bits per heavy atom. The second-order valence-electron chi connectivity index (χ2n) is 3.65. The Balaban J connectivity index is 2.36. The van der Waals surface area contributed by atoms with Gasteiger partial charge in [-0.25, -0.2) is 0 Å². The fourth-order valence-corrected chi connectivity index (χ4v) is 1.53. The molecule has 1 aromatic rings. The van der Waals surface area contributed by atoms with E-state index in [2.05, 4.69) is 56.3 Å². The summed E-state index contributed by atoms with van der Waals surface area (Å²) in [6.07, 6.45) is 7.65. The molecule has 0 aliphatic rings. The second-order valence-corrected chi connectivity index (χ2v) is 3.65. The molecule has 0 saturated heterocycles. The molecule has 0 aromatic heterocycles. The molecule has 1 rings (SSSR count). The molecule has 0 aliphatic heterocycles. The third kappa shape index (κ3) is 3.78. The largest absolute Gasteiger partial charge is 0.0885 e. The predicted octanol–water partition coefficient (Wildman–Crippen LogP) is 4.35. The summed E-state index contributed by atoms with van der Waals surface area (Å²) >= 11 is 0. The lowest BCUT2D eigenvalue weighted by Gasteiger charge is -2.09. The molecule has 75 valence electrons. The van der Waals surface area contributed by atoms with Crippen molar-refractivity contribution in [3.05, 3.63) is 55.0 Å². The number of hydrogen-bond acceptors (Lipinski definition) is 0. The minimum Gasteiger partial charge on any atom is -0.0885 e. The Morgan fingerprint density at radius 1 is 1.21 bits per heavy atom. The Hall–Kier alpha value is -1.04. The van der Waals surface area contributed by atoms with Gasteiger partial charge in [0.25, 0.3) is 0 Å². The van der Waals surface area contributed by atoms with Gasteiger partial charge in [-0.15, -0.1) is 0 Å². The summed E-state index contributed by atoms with van der Waals surface area (Å²) in [5, 5.41) is 0. The Labute approximate surface area is 87.7 Å². The fraction of sp³-hybridized carbons (Fsp3) is 0.357. The van der Waals surface area contributed by atoms with E-state index in [0.29, 0.717) is 5.92 Å². The summed E-state index contributed by atoms with van der Waals surface area (Å²) in [7, 11) is 0. The van der Waals surface area contributed by atoms with Crippen molar-refractivity contribution in [3.8, 4) is 0 Å². The Morgan fingerprint density at radius 2 is 1.93 bits per heavy atom. The van der Waals surface area contributed by atoms with Crippen LogP contribution >= 0.6 is 0 Å². The van der Waals surface area contributed by atoms with Crippen molar-refractivity contribution in [2.45, 2.75) is 32.1 Å². The first kappa shape index (κ1) is 11.0. The van der Waals surface area contributed by atoms with Crippen LogP contribution in [0.25, 0.3) is 0 Å². The monoisotopic (exact) mass is 187 g/mol. The third-order valence-corrected chi connectivity index (χ3v) is 2.47. The van der Waals surface area contributed by atoms with Crippen molar-refractivity contribution in [2.24, 2.45) is 0 Å². The second kappa shape index (κ2) is 6.42. The van der Waals surface area contributed by atoms with Crippen LogP contribution < -0.4 is 0 Å². The average molecular weight is 187 g/mol. The van der Waals surface area contributed by atoms with Gasteiger partial charge in [-0.05, 0) is 37.7 Å². The van der Waals surface area contributed by atoms with Crippen LogP contribution in [0, 0.1) is 6.92 Å². The van der Waals surface area contributed by atoms with Crippen LogP contribution in [0.15, 0.2) is 42.5 Å². The Bertz CT molecular complexity index is 259. The van der Waals surface area contributed by atoms with Crippen LogP contribution in [0.2, 0.25) is 0 Å². The molecule has 0 amide bonds. The highest BCUT2D eigenvalue weighted by molar-refractivity contribution is 5.18. The van der Waals surface area contributed by atoms with Gasteiger partial charge in [0.05, 0.1) is 0 Å². The van der Waals surface area contributed by atoms with Gasteiger partial charge in [0.15, 0.2) is 0 Å². The molecule has 0 heteroatoms. The Kier molecular flexibility index (Phi) is 5.06. The van der Waals surface area contributed by atoms with E-state index in [1.54, 1.807) is 0 Å². The molecule has 0 N–H and O–H groups in total. The molecular formula is C14H19. The lowest BCUT2D eigenvalue weighted by molar-refractivity contribution is 0.690. The average Bonchev–Trinajstić information content (AvgIpc) is 2.25. The third-order valence-electron chi connectivity index (χ3n) is 2.47. The molecule has 1 atom stereocenters. The molecule has 0 fully saturated rings. The van der Waals surface area contributed by atoms with Crippen molar-refractivity contribution in [1.82, 2.24) is 0 Å². The van der Waals surface area contributed by atoms with Crippen LogP contribution in [0.1, 0.15) is 37.7 Å². The van der Waals surface area contributed by atoms with Gasteiger partial charge in [-0.2, -0.15) is 0 Å². The van der Waals surface area contributed by atoms with Crippen molar-refractivity contribution in [3.63, 3.8) is 0 Å². The van der Waals surface area contributed by atoms with Crippen LogP contribution in [-0.4, -0.2) is 0 Å².